The molecule has 1 aliphatic rings. The molecule has 6 nitrogen and oxygen atoms in total. The van der Waals surface area contributed by atoms with E-state index in [2.05, 4.69) is 5.32 Å². The van der Waals surface area contributed by atoms with Crippen LogP contribution in [0.2, 0.25) is 0 Å². The Morgan fingerprint density at radius 3 is 2.78 bits per heavy atom. The normalized spacial score (nSPS) is 23.8. The lowest BCUT2D eigenvalue weighted by Gasteiger charge is -2.41. The van der Waals surface area contributed by atoms with Crippen LogP contribution in [0.5, 0.6) is 0 Å². The second-order valence-electron chi connectivity index (χ2n) is 4.62. The molecular weight excluding hydrogens is 236 g/mol. The van der Waals surface area contributed by atoms with E-state index in [-0.39, 0.29) is 6.03 Å². The maximum atomic E-state index is 12.0. The summed E-state index contributed by atoms with van der Waals surface area (Å²) in [6.07, 6.45) is 2.19. The summed E-state index contributed by atoms with van der Waals surface area (Å²) in [5.74, 6) is -0.942. The van der Waals surface area contributed by atoms with Crippen LogP contribution in [0.15, 0.2) is 0 Å². The molecule has 0 spiro atoms. The monoisotopic (exact) mass is 258 g/mol. The highest BCUT2D eigenvalue weighted by atomic mass is 16.5. The van der Waals surface area contributed by atoms with E-state index >= 15 is 0 Å². The van der Waals surface area contributed by atoms with Crippen LogP contribution in [0, 0.1) is 0 Å². The minimum atomic E-state index is -1.09. The summed E-state index contributed by atoms with van der Waals surface area (Å²) < 4.78 is 5.12. The van der Waals surface area contributed by atoms with Gasteiger partial charge in [0.2, 0.25) is 0 Å². The summed E-state index contributed by atoms with van der Waals surface area (Å²) in [5.41, 5.74) is -1.09. The molecule has 0 aromatic carbocycles. The number of carboxylic acids is 1. The van der Waals surface area contributed by atoms with Gasteiger partial charge in [-0.05, 0) is 33.1 Å². The van der Waals surface area contributed by atoms with Gasteiger partial charge in [0.15, 0.2) is 0 Å². The summed E-state index contributed by atoms with van der Waals surface area (Å²) in [6.45, 7) is 5.43. The fourth-order valence-corrected chi connectivity index (χ4v) is 2.14. The Labute approximate surface area is 107 Å². The lowest BCUT2D eigenvalue weighted by Crippen LogP contribution is -2.60. The van der Waals surface area contributed by atoms with Crippen LogP contribution in [0.1, 0.15) is 33.1 Å². The van der Waals surface area contributed by atoms with Crippen LogP contribution >= 0.6 is 0 Å². The van der Waals surface area contributed by atoms with E-state index in [1.54, 1.807) is 6.92 Å². The summed E-state index contributed by atoms with van der Waals surface area (Å²) in [6, 6.07) is -0.320. The number of aliphatic carboxylic acids is 1. The molecule has 1 atom stereocenters. The van der Waals surface area contributed by atoms with Crippen molar-refractivity contribution in [3.63, 3.8) is 0 Å². The molecule has 0 aromatic rings. The first kappa shape index (κ1) is 14.8. The topological polar surface area (TPSA) is 78.9 Å². The van der Waals surface area contributed by atoms with Crippen molar-refractivity contribution in [2.45, 2.75) is 38.6 Å². The van der Waals surface area contributed by atoms with Crippen molar-refractivity contribution in [2.75, 3.05) is 26.3 Å². The van der Waals surface area contributed by atoms with Gasteiger partial charge in [-0.1, -0.05) is 0 Å². The molecule has 1 fully saturated rings. The van der Waals surface area contributed by atoms with Crippen LogP contribution in [0.3, 0.4) is 0 Å². The number of nitrogens with one attached hydrogen (secondary N) is 1. The van der Waals surface area contributed by atoms with Crippen molar-refractivity contribution < 1.29 is 19.4 Å². The number of rotatable bonds is 5. The second-order valence-corrected chi connectivity index (χ2v) is 4.62. The lowest BCUT2D eigenvalue weighted by atomic mass is 9.89. The first-order chi connectivity index (χ1) is 8.52. The molecule has 6 heteroatoms. The molecule has 1 rings (SSSR count). The zero-order chi connectivity index (χ0) is 13.6. The molecule has 0 aromatic heterocycles. The smallest absolute Gasteiger partial charge is 0.329 e. The van der Waals surface area contributed by atoms with E-state index in [0.717, 1.165) is 12.8 Å². The van der Waals surface area contributed by atoms with Crippen LogP contribution in [0.25, 0.3) is 0 Å². The fraction of sp³-hybridized carbons (Fsp3) is 0.833. The average Bonchev–Trinajstić information content (AvgIpc) is 2.34. The number of nitrogens with zero attached hydrogens (tertiary/aromatic N) is 1. The zero-order valence-electron chi connectivity index (χ0n) is 11.1. The third kappa shape index (κ3) is 3.35. The van der Waals surface area contributed by atoms with Gasteiger partial charge in [0, 0.05) is 19.7 Å². The number of hydrogen-bond donors (Lipinski definition) is 2. The SMILES string of the molecule is CCOCCNC(=O)N1CCCCC1(C)C(=O)O. The molecule has 0 saturated carbocycles. The fourth-order valence-electron chi connectivity index (χ4n) is 2.14. The molecule has 18 heavy (non-hydrogen) atoms. The van der Waals surface area contributed by atoms with Crippen LogP contribution in [-0.2, 0) is 9.53 Å². The maximum absolute atomic E-state index is 12.0. The molecular formula is C12H22N2O4. The highest BCUT2D eigenvalue weighted by molar-refractivity contribution is 5.86. The molecule has 1 aliphatic heterocycles. The Morgan fingerprint density at radius 1 is 1.44 bits per heavy atom. The van der Waals surface area contributed by atoms with Crippen LogP contribution in [-0.4, -0.2) is 53.8 Å². The number of carbonyl (C=O) groups excluding carboxylic acids is 1. The number of urea groups is 1. The van der Waals surface area contributed by atoms with Crippen molar-refractivity contribution in [1.29, 1.82) is 0 Å². The largest absolute Gasteiger partial charge is 0.480 e. The Hall–Kier alpha value is -1.30. The molecule has 2 N–H and O–H groups in total. The summed E-state index contributed by atoms with van der Waals surface area (Å²) in [4.78, 5) is 24.7. The summed E-state index contributed by atoms with van der Waals surface area (Å²) in [7, 11) is 0. The average molecular weight is 258 g/mol. The number of carbonyl (C=O) groups is 2. The van der Waals surface area contributed by atoms with Crippen LogP contribution < -0.4 is 5.32 Å². The van der Waals surface area contributed by atoms with Gasteiger partial charge in [0.05, 0.1) is 6.61 Å². The highest BCUT2D eigenvalue weighted by Gasteiger charge is 2.43. The quantitative estimate of drug-likeness (QED) is 0.723. The Kier molecular flexibility index (Phi) is 5.40. The molecule has 1 heterocycles. The zero-order valence-corrected chi connectivity index (χ0v) is 11.1. The van der Waals surface area contributed by atoms with Crippen molar-refractivity contribution in [2.24, 2.45) is 0 Å². The molecule has 104 valence electrons. The third-order valence-corrected chi connectivity index (χ3v) is 3.32. The van der Waals surface area contributed by atoms with Gasteiger partial charge in [-0.3, -0.25) is 0 Å². The predicted molar refractivity (Wildman–Crippen MR) is 66.5 cm³/mol. The highest BCUT2D eigenvalue weighted by Crippen LogP contribution is 2.28. The van der Waals surface area contributed by atoms with E-state index in [9.17, 15) is 14.7 Å². The van der Waals surface area contributed by atoms with Gasteiger partial charge in [-0.25, -0.2) is 9.59 Å². The number of carboxylic acid groups (broad SMARTS) is 1. The van der Waals surface area contributed by atoms with Gasteiger partial charge >= 0.3 is 12.0 Å². The van der Waals surface area contributed by atoms with Gasteiger partial charge in [-0.2, -0.15) is 0 Å². The number of amides is 2. The minimum Gasteiger partial charge on any atom is -0.480 e. The van der Waals surface area contributed by atoms with E-state index in [0.29, 0.717) is 32.7 Å². The number of ether oxygens (including phenoxy) is 1. The van der Waals surface area contributed by atoms with Crippen molar-refractivity contribution in [1.82, 2.24) is 10.2 Å². The number of likely N-dealkylation sites (tertiary alicyclic amines) is 1. The molecule has 0 radical (unpaired) electrons. The van der Waals surface area contributed by atoms with Crippen molar-refractivity contribution in [3.8, 4) is 0 Å². The first-order valence-corrected chi connectivity index (χ1v) is 6.39. The maximum Gasteiger partial charge on any atom is 0.329 e. The van der Waals surface area contributed by atoms with E-state index in [1.807, 2.05) is 6.92 Å². The summed E-state index contributed by atoms with van der Waals surface area (Å²) in [5, 5.41) is 12.0. The molecule has 0 bridgehead atoms. The molecule has 1 saturated heterocycles. The molecule has 2 amide bonds. The number of piperidine rings is 1. The standard InChI is InChI=1S/C12H22N2O4/c1-3-18-9-7-13-11(17)14-8-5-4-6-12(14,2)10(15)16/h3-9H2,1-2H3,(H,13,17)(H,15,16). The molecule has 1 unspecified atom stereocenters. The van der Waals surface area contributed by atoms with E-state index < -0.39 is 11.5 Å². The van der Waals surface area contributed by atoms with E-state index in [1.165, 1.54) is 4.90 Å². The van der Waals surface area contributed by atoms with Gasteiger partial charge in [-0.15, -0.1) is 0 Å². The Balaban J connectivity index is 2.55. The number of hydrogen-bond acceptors (Lipinski definition) is 3. The Morgan fingerprint density at radius 2 is 2.17 bits per heavy atom. The summed E-state index contributed by atoms with van der Waals surface area (Å²) >= 11 is 0. The first-order valence-electron chi connectivity index (χ1n) is 6.39. The van der Waals surface area contributed by atoms with Crippen LogP contribution in [0.4, 0.5) is 4.79 Å². The van der Waals surface area contributed by atoms with Gasteiger partial charge in [0.1, 0.15) is 5.54 Å². The van der Waals surface area contributed by atoms with Crippen molar-refractivity contribution >= 4 is 12.0 Å². The molecule has 0 aliphatic carbocycles. The lowest BCUT2D eigenvalue weighted by molar-refractivity contribution is -0.150. The minimum absolute atomic E-state index is 0.320. The van der Waals surface area contributed by atoms with E-state index in [4.69, 9.17) is 4.74 Å². The van der Waals surface area contributed by atoms with Crippen molar-refractivity contribution in [3.05, 3.63) is 0 Å². The third-order valence-electron chi connectivity index (χ3n) is 3.32. The Bertz CT molecular complexity index is 308. The van der Waals surface area contributed by atoms with Gasteiger partial charge in [0.25, 0.3) is 0 Å². The second kappa shape index (κ2) is 6.58. The van der Waals surface area contributed by atoms with Gasteiger partial charge < -0.3 is 20.1 Å². The predicted octanol–water partition coefficient (Wildman–Crippen LogP) is 1.06.